The van der Waals surface area contributed by atoms with Crippen LogP contribution >= 0.6 is 0 Å². The summed E-state index contributed by atoms with van der Waals surface area (Å²) in [5, 5.41) is 4.07. The Morgan fingerprint density at radius 3 is 2.32 bits per heavy atom. The molecule has 0 saturated carbocycles. The molecule has 0 amide bonds. The lowest BCUT2D eigenvalue weighted by atomic mass is 10.1. The number of benzene rings is 2. The predicted octanol–water partition coefficient (Wildman–Crippen LogP) is 3.00. The molecule has 0 fully saturated rings. The van der Waals surface area contributed by atoms with Crippen LogP contribution in [-0.4, -0.2) is 20.4 Å². The number of oxime groups is 1. The van der Waals surface area contributed by atoms with Crippen LogP contribution in [0.2, 0.25) is 0 Å². The number of nitrogens with zero attached hydrogens (tertiary/aromatic N) is 1. The summed E-state index contributed by atoms with van der Waals surface area (Å²) in [4.78, 5) is 5.32. The van der Waals surface area contributed by atoms with E-state index in [2.05, 4.69) is 9.88 Å². The fourth-order valence-electron chi connectivity index (χ4n) is 1.82. The van der Waals surface area contributed by atoms with Crippen LogP contribution in [0, 0.1) is 0 Å². The van der Waals surface area contributed by atoms with Gasteiger partial charge in [0.1, 0.15) is 6.61 Å². The Labute approximate surface area is 130 Å². The average molecular weight is 318 g/mol. The Kier molecular flexibility index (Phi) is 5.16. The van der Waals surface area contributed by atoms with Crippen LogP contribution in [0.25, 0.3) is 0 Å². The summed E-state index contributed by atoms with van der Waals surface area (Å²) in [6.45, 7) is 2.25. The lowest BCUT2D eigenvalue weighted by Crippen LogP contribution is -2.09. The summed E-state index contributed by atoms with van der Waals surface area (Å²) in [6, 6.07) is 16.7. The van der Waals surface area contributed by atoms with E-state index >= 15 is 0 Å². The Morgan fingerprint density at radius 2 is 1.73 bits per heavy atom. The van der Waals surface area contributed by atoms with E-state index in [0.717, 1.165) is 23.1 Å². The van der Waals surface area contributed by atoms with Crippen molar-refractivity contribution in [2.45, 2.75) is 13.5 Å². The van der Waals surface area contributed by atoms with Crippen LogP contribution in [0.4, 0.5) is 5.69 Å². The van der Waals surface area contributed by atoms with Gasteiger partial charge in [-0.2, -0.15) is 0 Å². The molecule has 0 aliphatic carbocycles. The summed E-state index contributed by atoms with van der Waals surface area (Å²) in [6.07, 6.45) is 1.12. The lowest BCUT2D eigenvalue weighted by molar-refractivity contribution is 0.130. The van der Waals surface area contributed by atoms with Gasteiger partial charge in [-0.1, -0.05) is 47.6 Å². The molecule has 0 unspecified atom stereocenters. The minimum atomic E-state index is -3.26. The molecule has 0 aliphatic heterocycles. The zero-order valence-electron chi connectivity index (χ0n) is 12.5. The first-order valence-electron chi connectivity index (χ1n) is 6.73. The quantitative estimate of drug-likeness (QED) is 0.657. The van der Waals surface area contributed by atoms with Gasteiger partial charge >= 0.3 is 0 Å². The van der Waals surface area contributed by atoms with Crippen LogP contribution in [0.1, 0.15) is 18.1 Å². The molecule has 0 aromatic heterocycles. The first-order valence-corrected chi connectivity index (χ1v) is 8.62. The fraction of sp³-hybridized carbons (Fsp3) is 0.188. The Hall–Kier alpha value is -2.34. The Bertz CT molecular complexity index is 739. The third-order valence-electron chi connectivity index (χ3n) is 2.88. The molecule has 0 spiro atoms. The van der Waals surface area contributed by atoms with Crippen molar-refractivity contribution in [3.05, 3.63) is 65.7 Å². The maximum Gasteiger partial charge on any atom is 0.229 e. The molecule has 1 N–H and O–H groups in total. The van der Waals surface area contributed by atoms with Gasteiger partial charge in [0.2, 0.25) is 10.0 Å². The fourth-order valence-corrected chi connectivity index (χ4v) is 2.39. The van der Waals surface area contributed by atoms with Crippen molar-refractivity contribution in [2.75, 3.05) is 11.0 Å². The van der Waals surface area contributed by atoms with E-state index in [4.69, 9.17) is 4.84 Å². The predicted molar refractivity (Wildman–Crippen MR) is 88.4 cm³/mol. The van der Waals surface area contributed by atoms with Gasteiger partial charge < -0.3 is 4.84 Å². The molecule has 2 aromatic carbocycles. The van der Waals surface area contributed by atoms with Gasteiger partial charge in [0.05, 0.1) is 12.0 Å². The summed E-state index contributed by atoms with van der Waals surface area (Å²) < 4.78 is 24.7. The monoisotopic (exact) mass is 318 g/mol. The van der Waals surface area contributed by atoms with Crippen molar-refractivity contribution < 1.29 is 13.3 Å². The van der Waals surface area contributed by atoms with Gasteiger partial charge in [-0.05, 0) is 30.2 Å². The minimum Gasteiger partial charge on any atom is -0.391 e. The standard InChI is InChI=1S/C16H18N2O3S/c1-13(17-21-12-14-6-4-3-5-7-14)15-8-10-16(11-9-15)18-22(2,19)20/h3-11,18H,12H2,1-2H3/b17-13+. The molecule has 0 aliphatic rings. The van der Waals surface area contributed by atoms with Crippen LogP contribution in [-0.2, 0) is 21.5 Å². The van der Waals surface area contributed by atoms with Crippen molar-refractivity contribution in [3.8, 4) is 0 Å². The average Bonchev–Trinajstić information content (AvgIpc) is 2.47. The van der Waals surface area contributed by atoms with Crippen LogP contribution < -0.4 is 4.72 Å². The highest BCUT2D eigenvalue weighted by atomic mass is 32.2. The lowest BCUT2D eigenvalue weighted by Gasteiger charge is -2.06. The number of nitrogens with one attached hydrogen (secondary N) is 1. The molecule has 0 bridgehead atoms. The molecule has 2 rings (SSSR count). The molecule has 0 heterocycles. The largest absolute Gasteiger partial charge is 0.391 e. The molecule has 116 valence electrons. The van der Waals surface area contributed by atoms with Crippen molar-refractivity contribution in [1.82, 2.24) is 0 Å². The molecular formula is C16H18N2O3S. The SMILES string of the molecule is C/C(=N\OCc1ccccc1)c1ccc(NS(C)(=O)=O)cc1. The highest BCUT2D eigenvalue weighted by Crippen LogP contribution is 2.12. The first-order chi connectivity index (χ1) is 10.4. The first kappa shape index (κ1) is 16.0. The Balaban J connectivity index is 1.97. The normalized spacial score (nSPS) is 12.0. The highest BCUT2D eigenvalue weighted by Gasteiger charge is 2.03. The van der Waals surface area contributed by atoms with E-state index in [9.17, 15) is 8.42 Å². The third-order valence-corrected chi connectivity index (χ3v) is 3.49. The maximum absolute atomic E-state index is 11.1. The summed E-state index contributed by atoms with van der Waals surface area (Å²) >= 11 is 0. The van der Waals surface area contributed by atoms with Gasteiger partial charge in [-0.25, -0.2) is 8.42 Å². The van der Waals surface area contributed by atoms with Crippen LogP contribution in [0.5, 0.6) is 0 Å². The number of rotatable bonds is 6. The zero-order chi connectivity index (χ0) is 16.0. The summed E-state index contributed by atoms with van der Waals surface area (Å²) in [5.74, 6) is 0. The van der Waals surface area contributed by atoms with E-state index in [1.165, 1.54) is 0 Å². The van der Waals surface area contributed by atoms with E-state index < -0.39 is 10.0 Å². The van der Waals surface area contributed by atoms with E-state index in [0.29, 0.717) is 12.3 Å². The molecule has 0 saturated heterocycles. The van der Waals surface area contributed by atoms with Gasteiger partial charge in [0.15, 0.2) is 0 Å². The molecular weight excluding hydrogens is 300 g/mol. The summed E-state index contributed by atoms with van der Waals surface area (Å²) in [5.41, 5.74) is 3.16. The number of sulfonamides is 1. The molecule has 22 heavy (non-hydrogen) atoms. The number of hydrogen-bond donors (Lipinski definition) is 1. The third kappa shape index (κ3) is 5.21. The van der Waals surface area contributed by atoms with Crippen molar-refractivity contribution in [2.24, 2.45) is 5.16 Å². The van der Waals surface area contributed by atoms with E-state index in [1.807, 2.05) is 37.3 Å². The Morgan fingerprint density at radius 1 is 1.09 bits per heavy atom. The minimum absolute atomic E-state index is 0.409. The molecule has 6 heteroatoms. The van der Waals surface area contributed by atoms with Gasteiger partial charge in [-0.3, -0.25) is 4.72 Å². The van der Waals surface area contributed by atoms with Crippen LogP contribution in [0.15, 0.2) is 59.8 Å². The molecule has 5 nitrogen and oxygen atoms in total. The van der Waals surface area contributed by atoms with E-state index in [-0.39, 0.29) is 0 Å². The van der Waals surface area contributed by atoms with Gasteiger partial charge in [-0.15, -0.1) is 0 Å². The highest BCUT2D eigenvalue weighted by molar-refractivity contribution is 7.92. The number of hydrogen-bond acceptors (Lipinski definition) is 4. The topological polar surface area (TPSA) is 67.8 Å². The van der Waals surface area contributed by atoms with Crippen molar-refractivity contribution in [1.29, 1.82) is 0 Å². The zero-order valence-corrected chi connectivity index (χ0v) is 13.3. The number of anilines is 1. The van der Waals surface area contributed by atoms with Gasteiger partial charge in [0, 0.05) is 5.69 Å². The molecule has 2 aromatic rings. The second-order valence-corrected chi connectivity index (χ2v) is 6.64. The molecule has 0 atom stereocenters. The summed E-state index contributed by atoms with van der Waals surface area (Å²) in [7, 11) is -3.26. The smallest absolute Gasteiger partial charge is 0.229 e. The second-order valence-electron chi connectivity index (χ2n) is 4.89. The van der Waals surface area contributed by atoms with E-state index in [1.54, 1.807) is 24.3 Å². The van der Waals surface area contributed by atoms with Gasteiger partial charge in [0.25, 0.3) is 0 Å². The maximum atomic E-state index is 11.1. The molecule has 0 radical (unpaired) electrons. The van der Waals surface area contributed by atoms with Crippen molar-refractivity contribution >= 4 is 21.4 Å². The van der Waals surface area contributed by atoms with Crippen LogP contribution in [0.3, 0.4) is 0 Å². The second kappa shape index (κ2) is 7.09. The van der Waals surface area contributed by atoms with Crippen molar-refractivity contribution in [3.63, 3.8) is 0 Å².